The van der Waals surface area contributed by atoms with Gasteiger partial charge in [-0.05, 0) is 24.6 Å². The van der Waals surface area contributed by atoms with E-state index < -0.39 is 0 Å². The monoisotopic (exact) mass is 202 g/mol. The summed E-state index contributed by atoms with van der Waals surface area (Å²) in [5, 5.41) is 7.56. The summed E-state index contributed by atoms with van der Waals surface area (Å²) < 4.78 is 1.80. The maximum Gasteiger partial charge on any atom is 0.0815 e. The molecule has 0 aliphatic heterocycles. The van der Waals surface area contributed by atoms with Crippen molar-refractivity contribution in [1.29, 1.82) is 0 Å². The van der Waals surface area contributed by atoms with Crippen LogP contribution in [0.3, 0.4) is 0 Å². The van der Waals surface area contributed by atoms with Gasteiger partial charge >= 0.3 is 0 Å². The maximum atomic E-state index is 4.28. The van der Waals surface area contributed by atoms with Gasteiger partial charge in [-0.1, -0.05) is 0 Å². The number of pyridine rings is 1. The first-order valence-corrected chi connectivity index (χ1v) is 4.88. The molecule has 0 aliphatic carbocycles. The van der Waals surface area contributed by atoms with Crippen LogP contribution in [0.5, 0.6) is 0 Å². The molecular weight excluding hydrogens is 188 g/mol. The van der Waals surface area contributed by atoms with Crippen molar-refractivity contribution in [2.45, 2.75) is 13.5 Å². The Hall–Kier alpha value is -1.84. The van der Waals surface area contributed by atoms with Crippen LogP contribution < -0.4 is 5.32 Å². The van der Waals surface area contributed by atoms with Gasteiger partial charge in [0.2, 0.25) is 0 Å². The van der Waals surface area contributed by atoms with Crippen LogP contribution in [-0.4, -0.2) is 14.8 Å². The van der Waals surface area contributed by atoms with Gasteiger partial charge < -0.3 is 5.32 Å². The largest absolute Gasteiger partial charge is 0.378 e. The third kappa shape index (κ3) is 2.56. The van der Waals surface area contributed by atoms with E-state index in [2.05, 4.69) is 21.5 Å². The molecule has 78 valence electrons. The van der Waals surface area contributed by atoms with Crippen LogP contribution >= 0.6 is 0 Å². The average Bonchev–Trinajstić information content (AvgIpc) is 2.62. The molecule has 0 amide bonds. The van der Waals surface area contributed by atoms with Crippen molar-refractivity contribution in [3.63, 3.8) is 0 Å². The van der Waals surface area contributed by atoms with Crippen LogP contribution in [0.15, 0.2) is 30.7 Å². The van der Waals surface area contributed by atoms with Crippen LogP contribution in [0, 0.1) is 6.92 Å². The van der Waals surface area contributed by atoms with Crippen LogP contribution in [-0.2, 0) is 13.6 Å². The van der Waals surface area contributed by atoms with E-state index in [9.17, 15) is 0 Å². The molecule has 4 nitrogen and oxygen atoms in total. The summed E-state index contributed by atoms with van der Waals surface area (Å²) in [5.74, 6) is 0. The lowest BCUT2D eigenvalue weighted by Crippen LogP contribution is -2.01. The predicted molar refractivity (Wildman–Crippen MR) is 59.5 cm³/mol. The number of nitrogens with zero attached hydrogens (tertiary/aromatic N) is 3. The van der Waals surface area contributed by atoms with Crippen molar-refractivity contribution in [3.8, 4) is 0 Å². The maximum absolute atomic E-state index is 4.28. The molecule has 0 saturated carbocycles. The normalized spacial score (nSPS) is 10.3. The van der Waals surface area contributed by atoms with Crippen LogP contribution in [0.2, 0.25) is 0 Å². The van der Waals surface area contributed by atoms with E-state index in [0.717, 1.165) is 23.5 Å². The Morgan fingerprint density at radius 1 is 1.40 bits per heavy atom. The lowest BCUT2D eigenvalue weighted by molar-refractivity contribution is 0.747. The smallest absolute Gasteiger partial charge is 0.0815 e. The van der Waals surface area contributed by atoms with Gasteiger partial charge in [0.25, 0.3) is 0 Å². The first-order valence-electron chi connectivity index (χ1n) is 4.88. The molecule has 0 unspecified atom stereocenters. The second kappa shape index (κ2) is 4.13. The average molecular weight is 202 g/mol. The quantitative estimate of drug-likeness (QED) is 0.824. The number of nitrogens with one attached hydrogen (secondary N) is 1. The second-order valence-electron chi connectivity index (χ2n) is 3.59. The van der Waals surface area contributed by atoms with Gasteiger partial charge in [-0.15, -0.1) is 0 Å². The summed E-state index contributed by atoms with van der Waals surface area (Å²) in [7, 11) is 1.91. The molecule has 2 rings (SSSR count). The summed E-state index contributed by atoms with van der Waals surface area (Å²) in [6.07, 6.45) is 5.59. The number of hydrogen-bond donors (Lipinski definition) is 1. The van der Waals surface area contributed by atoms with Crippen LogP contribution in [0.25, 0.3) is 0 Å². The zero-order chi connectivity index (χ0) is 10.7. The van der Waals surface area contributed by atoms with Crippen LogP contribution in [0.1, 0.15) is 11.3 Å². The van der Waals surface area contributed by atoms with Gasteiger partial charge in [-0.2, -0.15) is 5.10 Å². The Balaban J connectivity index is 1.99. The minimum absolute atomic E-state index is 0.728. The molecule has 0 fully saturated rings. The van der Waals surface area contributed by atoms with Gasteiger partial charge in [0.05, 0.1) is 17.9 Å². The number of rotatable bonds is 3. The molecule has 1 N–H and O–H groups in total. The predicted octanol–water partition coefficient (Wildman–Crippen LogP) is 1.74. The van der Waals surface area contributed by atoms with Crippen molar-refractivity contribution < 1.29 is 0 Å². The highest BCUT2D eigenvalue weighted by Gasteiger charge is 1.97. The first kappa shape index (κ1) is 9.71. The highest BCUT2D eigenvalue weighted by molar-refractivity contribution is 5.42. The molecule has 15 heavy (non-hydrogen) atoms. The Labute approximate surface area is 89.0 Å². The Kier molecular flexibility index (Phi) is 2.67. The summed E-state index contributed by atoms with van der Waals surface area (Å²) in [6.45, 7) is 2.75. The minimum Gasteiger partial charge on any atom is -0.378 e. The Morgan fingerprint density at radius 3 is 2.93 bits per heavy atom. The lowest BCUT2D eigenvalue weighted by atomic mass is 10.3. The fourth-order valence-electron chi connectivity index (χ4n) is 1.40. The topological polar surface area (TPSA) is 42.7 Å². The molecule has 2 aromatic rings. The number of aryl methyl sites for hydroxylation is 2. The van der Waals surface area contributed by atoms with E-state index in [-0.39, 0.29) is 0 Å². The SMILES string of the molecule is Cc1cncc(NCc2ccn(C)n2)c1. The molecule has 0 saturated heterocycles. The molecular formula is C11H14N4. The summed E-state index contributed by atoms with van der Waals surface area (Å²) in [4.78, 5) is 4.11. The fourth-order valence-corrected chi connectivity index (χ4v) is 1.40. The molecule has 2 aromatic heterocycles. The molecule has 2 heterocycles. The molecule has 0 bridgehead atoms. The third-order valence-corrected chi connectivity index (χ3v) is 2.12. The summed E-state index contributed by atoms with van der Waals surface area (Å²) in [5.41, 5.74) is 3.21. The van der Waals surface area contributed by atoms with Gasteiger partial charge in [-0.3, -0.25) is 9.67 Å². The number of anilines is 1. The second-order valence-corrected chi connectivity index (χ2v) is 3.59. The van der Waals surface area contributed by atoms with E-state index >= 15 is 0 Å². The lowest BCUT2D eigenvalue weighted by Gasteiger charge is -2.04. The standard InChI is InChI=1S/C11H14N4/c1-9-5-11(7-12-6-9)13-8-10-3-4-15(2)14-10/h3-7,13H,8H2,1-2H3. The Bertz CT molecular complexity index is 447. The van der Waals surface area contributed by atoms with Crippen molar-refractivity contribution in [2.24, 2.45) is 7.05 Å². The van der Waals surface area contributed by atoms with E-state index in [0.29, 0.717) is 0 Å². The summed E-state index contributed by atoms with van der Waals surface area (Å²) in [6, 6.07) is 4.06. The highest BCUT2D eigenvalue weighted by Crippen LogP contribution is 2.08. The molecule has 0 aliphatic rings. The number of aromatic nitrogens is 3. The zero-order valence-corrected chi connectivity index (χ0v) is 8.94. The van der Waals surface area contributed by atoms with Crippen LogP contribution in [0.4, 0.5) is 5.69 Å². The van der Waals surface area contributed by atoms with Gasteiger partial charge in [0, 0.05) is 25.6 Å². The molecule has 4 heteroatoms. The van der Waals surface area contributed by atoms with Gasteiger partial charge in [-0.25, -0.2) is 0 Å². The molecule has 0 atom stereocenters. The number of hydrogen-bond acceptors (Lipinski definition) is 3. The third-order valence-electron chi connectivity index (χ3n) is 2.12. The van der Waals surface area contributed by atoms with Gasteiger partial charge in [0.15, 0.2) is 0 Å². The Morgan fingerprint density at radius 2 is 2.27 bits per heavy atom. The molecule has 0 aromatic carbocycles. The van der Waals surface area contributed by atoms with Crippen molar-refractivity contribution >= 4 is 5.69 Å². The van der Waals surface area contributed by atoms with E-state index in [4.69, 9.17) is 0 Å². The van der Waals surface area contributed by atoms with E-state index in [1.54, 1.807) is 4.68 Å². The molecule has 0 radical (unpaired) electrons. The first-order chi connectivity index (χ1) is 7.24. The van der Waals surface area contributed by atoms with Crippen molar-refractivity contribution in [1.82, 2.24) is 14.8 Å². The van der Waals surface area contributed by atoms with E-state index in [1.807, 2.05) is 38.6 Å². The van der Waals surface area contributed by atoms with Crippen molar-refractivity contribution in [2.75, 3.05) is 5.32 Å². The van der Waals surface area contributed by atoms with Gasteiger partial charge in [0.1, 0.15) is 0 Å². The highest BCUT2D eigenvalue weighted by atomic mass is 15.3. The molecule has 0 spiro atoms. The van der Waals surface area contributed by atoms with Crippen molar-refractivity contribution in [3.05, 3.63) is 42.0 Å². The minimum atomic E-state index is 0.728. The fraction of sp³-hybridized carbons (Fsp3) is 0.273. The summed E-state index contributed by atoms with van der Waals surface area (Å²) >= 11 is 0. The zero-order valence-electron chi connectivity index (χ0n) is 8.94. The van der Waals surface area contributed by atoms with E-state index in [1.165, 1.54) is 0 Å².